The number of aromatic amines is 1. The molecule has 3 aromatic rings. The fraction of sp³-hybridized carbons (Fsp3) is 0.333. The lowest BCUT2D eigenvalue weighted by Crippen LogP contribution is -2.29. The maximum Gasteiger partial charge on any atom is 0.213 e. The maximum absolute atomic E-state index is 11.8. The van der Waals surface area contributed by atoms with Crippen LogP contribution in [0.1, 0.15) is 6.42 Å². The quantitative estimate of drug-likeness (QED) is 0.639. The molecule has 0 atom stereocenters. The lowest BCUT2D eigenvalue weighted by molar-refractivity contribution is 0.217. The fourth-order valence-corrected chi connectivity index (χ4v) is 3.43. The predicted molar refractivity (Wildman–Crippen MR) is 93.0 cm³/mol. The van der Waals surface area contributed by atoms with Gasteiger partial charge in [0.05, 0.1) is 24.1 Å². The van der Waals surface area contributed by atoms with Crippen molar-refractivity contribution in [2.24, 2.45) is 0 Å². The van der Waals surface area contributed by atoms with Crippen molar-refractivity contribution in [3.63, 3.8) is 0 Å². The number of sulfonamides is 1. The van der Waals surface area contributed by atoms with Gasteiger partial charge in [-0.2, -0.15) is 0 Å². The number of nitrogens with zero attached hydrogens (tertiary/aromatic N) is 3. The molecule has 128 valence electrons. The molecule has 24 heavy (non-hydrogen) atoms. The van der Waals surface area contributed by atoms with Gasteiger partial charge >= 0.3 is 0 Å². The van der Waals surface area contributed by atoms with E-state index >= 15 is 0 Å². The van der Waals surface area contributed by atoms with Gasteiger partial charge in [-0.05, 0) is 6.07 Å². The summed E-state index contributed by atoms with van der Waals surface area (Å²) in [6.07, 6.45) is 5.67. The molecular weight excluding hydrogens is 330 g/mol. The average molecular weight is 349 g/mol. The van der Waals surface area contributed by atoms with Crippen LogP contribution in [0.15, 0.2) is 31.4 Å². The van der Waals surface area contributed by atoms with Crippen LogP contribution in [0.2, 0.25) is 0 Å². The Kier molecular flexibility index (Phi) is 4.65. The number of aromatic nitrogens is 4. The number of rotatable bonds is 8. The number of imidazole rings is 1. The van der Waals surface area contributed by atoms with E-state index in [9.17, 15) is 8.42 Å². The van der Waals surface area contributed by atoms with E-state index in [0.29, 0.717) is 6.42 Å². The van der Waals surface area contributed by atoms with E-state index in [1.807, 2.05) is 16.8 Å². The molecule has 9 heteroatoms. The summed E-state index contributed by atoms with van der Waals surface area (Å²) in [5.41, 5.74) is 3.20. The van der Waals surface area contributed by atoms with Gasteiger partial charge in [0.15, 0.2) is 0 Å². The number of hydrogen-bond acceptors (Lipinski definition) is 5. The topological polar surface area (TPSA) is 102 Å². The van der Waals surface area contributed by atoms with Crippen molar-refractivity contribution in [2.75, 3.05) is 26.0 Å². The van der Waals surface area contributed by atoms with Crippen molar-refractivity contribution in [3.05, 3.63) is 31.4 Å². The Hall–Kier alpha value is -2.23. The third-order valence-electron chi connectivity index (χ3n) is 3.72. The lowest BCUT2D eigenvalue weighted by atomic mass is 10.2. The first-order valence-corrected chi connectivity index (χ1v) is 9.10. The van der Waals surface area contributed by atoms with Gasteiger partial charge in [0.25, 0.3) is 0 Å². The van der Waals surface area contributed by atoms with Crippen LogP contribution in [0.3, 0.4) is 0 Å². The zero-order valence-electron chi connectivity index (χ0n) is 13.3. The van der Waals surface area contributed by atoms with Gasteiger partial charge in [-0.25, -0.2) is 23.1 Å². The molecule has 0 spiro atoms. The van der Waals surface area contributed by atoms with Crippen molar-refractivity contribution in [2.45, 2.75) is 6.42 Å². The molecule has 8 nitrogen and oxygen atoms in total. The van der Waals surface area contributed by atoms with Crippen LogP contribution in [0.4, 0.5) is 0 Å². The summed E-state index contributed by atoms with van der Waals surface area (Å²) in [5, 5.41) is 0.951. The summed E-state index contributed by atoms with van der Waals surface area (Å²) in [4.78, 5) is 11.7. The Balaban J connectivity index is 1.74. The summed E-state index contributed by atoms with van der Waals surface area (Å²) in [5.74, 6) is -0.0559. The Morgan fingerprint density at radius 2 is 2.29 bits per heavy atom. The molecule has 0 bridgehead atoms. The molecule has 0 aliphatic rings. The van der Waals surface area contributed by atoms with Crippen molar-refractivity contribution in [1.82, 2.24) is 24.2 Å². The van der Waals surface area contributed by atoms with Gasteiger partial charge in [0.1, 0.15) is 17.5 Å². The number of ether oxygens (including phenoxy) is 1. The monoisotopic (exact) mass is 349 g/mol. The Labute approximate surface area is 139 Å². The van der Waals surface area contributed by atoms with Crippen LogP contribution in [-0.2, 0) is 14.8 Å². The van der Waals surface area contributed by atoms with Crippen molar-refractivity contribution >= 4 is 37.8 Å². The third kappa shape index (κ3) is 3.32. The van der Waals surface area contributed by atoms with Gasteiger partial charge in [-0.3, -0.25) is 0 Å². The van der Waals surface area contributed by atoms with Crippen LogP contribution in [0.5, 0.6) is 0 Å². The average Bonchev–Trinajstić information content (AvgIpc) is 3.18. The largest absolute Gasteiger partial charge is 0.384 e. The summed E-state index contributed by atoms with van der Waals surface area (Å²) >= 11 is 0. The van der Waals surface area contributed by atoms with E-state index in [1.54, 1.807) is 12.5 Å². The molecular formula is C15H19N5O3S. The molecule has 0 unspecified atom stereocenters. The molecule has 0 aliphatic heterocycles. The van der Waals surface area contributed by atoms with E-state index in [1.165, 1.54) is 7.11 Å². The number of methoxy groups -OCH3 is 1. The van der Waals surface area contributed by atoms with Gasteiger partial charge in [-0.15, -0.1) is 0 Å². The third-order valence-corrected chi connectivity index (χ3v) is 5.07. The Morgan fingerprint density at radius 3 is 3.08 bits per heavy atom. The summed E-state index contributed by atoms with van der Waals surface area (Å²) < 4.78 is 32.7. The fourth-order valence-electron chi connectivity index (χ4n) is 2.48. The van der Waals surface area contributed by atoms with E-state index in [-0.39, 0.29) is 18.9 Å². The number of hydrogen-bond donors (Lipinski definition) is 2. The second-order valence-corrected chi connectivity index (χ2v) is 7.30. The predicted octanol–water partition coefficient (Wildman–Crippen LogP) is 1.34. The smallest absolute Gasteiger partial charge is 0.213 e. The molecule has 0 saturated heterocycles. The number of fused-ring (bicyclic) bond motifs is 3. The highest BCUT2D eigenvalue weighted by molar-refractivity contribution is 7.89. The normalized spacial score (nSPS) is 12.2. The minimum Gasteiger partial charge on any atom is -0.384 e. The van der Waals surface area contributed by atoms with Crippen LogP contribution >= 0.6 is 0 Å². The molecule has 3 aromatic heterocycles. The van der Waals surface area contributed by atoms with Crippen LogP contribution < -0.4 is 4.72 Å². The first-order valence-electron chi connectivity index (χ1n) is 7.45. The molecule has 0 aliphatic carbocycles. The molecule has 0 amide bonds. The highest BCUT2D eigenvalue weighted by Crippen LogP contribution is 2.24. The summed E-state index contributed by atoms with van der Waals surface area (Å²) in [6.45, 7) is 4.49. The Morgan fingerprint density at radius 1 is 1.46 bits per heavy atom. The van der Waals surface area contributed by atoms with E-state index in [0.717, 1.165) is 27.8 Å². The van der Waals surface area contributed by atoms with Gasteiger partial charge < -0.3 is 14.3 Å². The zero-order valence-corrected chi connectivity index (χ0v) is 14.1. The van der Waals surface area contributed by atoms with Crippen molar-refractivity contribution in [1.29, 1.82) is 0 Å². The zero-order chi connectivity index (χ0) is 17.2. The lowest BCUT2D eigenvalue weighted by Gasteiger charge is -2.10. The standard InChI is InChI=1S/C15H19N5O3S/c1-11(3-6-19-24(21,22)8-7-23-2)20-10-18-13-9-17-15-12(14(13)20)4-5-16-15/h4-5,9-10,19H,1,3,6-8H2,2H3,(H,16,17). The van der Waals surface area contributed by atoms with E-state index < -0.39 is 10.0 Å². The van der Waals surface area contributed by atoms with Gasteiger partial charge in [0.2, 0.25) is 10.0 Å². The summed E-state index contributed by atoms with van der Waals surface area (Å²) in [7, 11) is -1.86. The van der Waals surface area contributed by atoms with Crippen LogP contribution in [0, 0.1) is 0 Å². The first kappa shape index (κ1) is 16.6. The molecule has 0 fully saturated rings. The van der Waals surface area contributed by atoms with Gasteiger partial charge in [-0.1, -0.05) is 6.58 Å². The second-order valence-electron chi connectivity index (χ2n) is 5.37. The number of pyridine rings is 1. The molecule has 3 heterocycles. The van der Waals surface area contributed by atoms with Gasteiger partial charge in [0, 0.05) is 37.4 Å². The first-order chi connectivity index (χ1) is 11.5. The van der Waals surface area contributed by atoms with Crippen LogP contribution in [-0.4, -0.2) is 54.0 Å². The molecule has 0 aromatic carbocycles. The SMILES string of the molecule is C=C(CCNS(=O)(=O)CCOC)n1cnc2cnc3[nH]ccc3c21. The van der Waals surface area contributed by atoms with Crippen LogP contribution in [0.25, 0.3) is 27.8 Å². The Bertz CT molecular complexity index is 973. The van der Waals surface area contributed by atoms with Crippen molar-refractivity contribution in [3.8, 4) is 0 Å². The van der Waals surface area contributed by atoms with E-state index in [4.69, 9.17) is 4.74 Å². The minimum absolute atomic E-state index is 0.0559. The van der Waals surface area contributed by atoms with Crippen molar-refractivity contribution < 1.29 is 13.2 Å². The second kappa shape index (κ2) is 6.71. The molecule has 0 saturated carbocycles. The summed E-state index contributed by atoms with van der Waals surface area (Å²) in [6, 6.07) is 1.93. The maximum atomic E-state index is 11.8. The van der Waals surface area contributed by atoms with E-state index in [2.05, 4.69) is 26.3 Å². The highest BCUT2D eigenvalue weighted by Gasteiger charge is 2.13. The molecule has 3 rings (SSSR count). The molecule has 0 radical (unpaired) electrons. The molecule has 2 N–H and O–H groups in total. The highest BCUT2D eigenvalue weighted by atomic mass is 32.2. The number of nitrogens with one attached hydrogen (secondary N) is 2. The number of H-pyrrole nitrogens is 1. The minimum atomic E-state index is -3.33.